The Morgan fingerprint density at radius 1 is 0.946 bits per heavy atom. The summed E-state index contributed by atoms with van der Waals surface area (Å²) in [6.07, 6.45) is 1.72. The highest BCUT2D eigenvalue weighted by Crippen LogP contribution is 2.30. The molecule has 0 spiro atoms. The smallest absolute Gasteiger partial charge is 0.408 e. The van der Waals surface area contributed by atoms with Gasteiger partial charge in [0, 0.05) is 6.54 Å². The summed E-state index contributed by atoms with van der Waals surface area (Å²) in [4.78, 5) is 27.0. The third kappa shape index (κ3) is 6.12. The Hall–Kier alpha value is -3.84. The zero-order valence-corrected chi connectivity index (χ0v) is 21.0. The maximum atomic E-state index is 13.0. The number of amides is 1. The van der Waals surface area contributed by atoms with Gasteiger partial charge >= 0.3 is 12.1 Å². The van der Waals surface area contributed by atoms with Crippen LogP contribution < -0.4 is 10.1 Å². The van der Waals surface area contributed by atoms with Gasteiger partial charge in [-0.15, -0.1) is 0 Å². The second-order valence-corrected chi connectivity index (χ2v) is 9.62. The van der Waals surface area contributed by atoms with Crippen LogP contribution >= 0.6 is 0 Å². The van der Waals surface area contributed by atoms with E-state index in [1.165, 1.54) is 7.11 Å². The Morgan fingerprint density at radius 3 is 2.35 bits per heavy atom. The van der Waals surface area contributed by atoms with E-state index in [2.05, 4.69) is 10.2 Å². The number of hydrogen-bond donors (Lipinski definition) is 1. The molecule has 0 saturated carbocycles. The fourth-order valence-electron chi connectivity index (χ4n) is 5.14. The minimum absolute atomic E-state index is 0.0563. The molecule has 3 aromatic carbocycles. The lowest BCUT2D eigenvalue weighted by molar-refractivity contribution is -0.0336. The number of nitrogens with one attached hydrogen (secondary N) is 1. The first kappa shape index (κ1) is 24.8. The number of benzene rings is 3. The number of carbonyl (C=O) groups is 2. The third-order valence-electron chi connectivity index (χ3n) is 7.22. The minimum atomic E-state index is -0.398. The van der Waals surface area contributed by atoms with Crippen molar-refractivity contribution < 1.29 is 23.8 Å². The molecule has 7 nitrogen and oxygen atoms in total. The molecule has 1 amide bonds. The number of alkyl carbamates (subject to hydrolysis) is 1. The van der Waals surface area contributed by atoms with Crippen molar-refractivity contribution >= 4 is 12.1 Å². The van der Waals surface area contributed by atoms with Crippen molar-refractivity contribution in [2.75, 3.05) is 26.7 Å². The average molecular weight is 501 g/mol. The number of fused-ring (bicyclic) bond motifs is 3. The van der Waals surface area contributed by atoms with E-state index < -0.39 is 6.09 Å². The SMILES string of the molecule is COC(=O)c1ccc(COc2cccc([C@H](NC(=O)O[C@H]3CN4CCC3CC4)c3ccccc3)c2)cc1. The topological polar surface area (TPSA) is 77.1 Å². The van der Waals surface area contributed by atoms with Crippen molar-refractivity contribution in [3.8, 4) is 5.75 Å². The molecule has 37 heavy (non-hydrogen) atoms. The van der Waals surface area contributed by atoms with Gasteiger partial charge in [-0.05, 0) is 72.8 Å². The van der Waals surface area contributed by atoms with E-state index in [0.29, 0.717) is 23.8 Å². The molecule has 3 heterocycles. The summed E-state index contributed by atoms with van der Waals surface area (Å²) in [5.74, 6) is 0.763. The van der Waals surface area contributed by atoms with Gasteiger partial charge in [-0.25, -0.2) is 9.59 Å². The van der Waals surface area contributed by atoms with Gasteiger partial charge in [-0.3, -0.25) is 4.90 Å². The largest absolute Gasteiger partial charge is 0.489 e. The average Bonchev–Trinajstić information content (AvgIpc) is 2.96. The molecule has 0 aliphatic carbocycles. The van der Waals surface area contributed by atoms with Crippen molar-refractivity contribution in [1.82, 2.24) is 10.2 Å². The highest BCUT2D eigenvalue weighted by Gasteiger charge is 2.36. The Morgan fingerprint density at radius 2 is 1.68 bits per heavy atom. The minimum Gasteiger partial charge on any atom is -0.489 e. The predicted molar refractivity (Wildman–Crippen MR) is 139 cm³/mol. The Kier molecular flexibility index (Phi) is 7.70. The standard InChI is InChI=1S/C30H32N2O5/c1-35-29(33)24-12-10-21(11-13-24)20-36-26-9-5-8-25(18-26)28(23-6-3-2-4-7-23)31-30(34)37-27-19-32-16-14-22(27)15-17-32/h2-13,18,22,27-28H,14-17,19-20H2,1H3,(H,31,34)/t27-,28+/m0/s1. The lowest BCUT2D eigenvalue weighted by atomic mass is 9.86. The van der Waals surface area contributed by atoms with Gasteiger partial charge in [0.1, 0.15) is 18.5 Å². The number of methoxy groups -OCH3 is 1. The number of carbonyl (C=O) groups excluding carboxylic acids is 2. The lowest BCUT2D eigenvalue weighted by Crippen LogP contribution is -2.52. The number of hydrogen-bond acceptors (Lipinski definition) is 6. The molecule has 3 fully saturated rings. The fourth-order valence-corrected chi connectivity index (χ4v) is 5.14. The summed E-state index contributed by atoms with van der Waals surface area (Å²) in [6, 6.07) is 24.3. The molecule has 1 N–H and O–H groups in total. The van der Waals surface area contributed by atoms with Crippen LogP contribution in [-0.4, -0.2) is 49.8 Å². The molecule has 3 aromatic rings. The maximum Gasteiger partial charge on any atom is 0.408 e. The Balaban J connectivity index is 1.27. The van der Waals surface area contributed by atoms with E-state index in [1.807, 2.05) is 66.7 Å². The number of nitrogens with zero attached hydrogens (tertiary/aromatic N) is 1. The van der Waals surface area contributed by atoms with Crippen molar-refractivity contribution in [1.29, 1.82) is 0 Å². The third-order valence-corrected chi connectivity index (χ3v) is 7.22. The van der Waals surface area contributed by atoms with Crippen LogP contribution in [0.25, 0.3) is 0 Å². The number of esters is 1. The summed E-state index contributed by atoms with van der Waals surface area (Å²) in [6.45, 7) is 3.36. The molecule has 7 heteroatoms. The first-order valence-electron chi connectivity index (χ1n) is 12.7. The van der Waals surface area contributed by atoms with E-state index in [0.717, 1.165) is 49.2 Å². The predicted octanol–water partition coefficient (Wildman–Crippen LogP) is 4.96. The van der Waals surface area contributed by atoms with Gasteiger partial charge in [0.2, 0.25) is 0 Å². The van der Waals surface area contributed by atoms with E-state index in [1.54, 1.807) is 12.1 Å². The second kappa shape index (κ2) is 11.5. The van der Waals surface area contributed by atoms with Crippen molar-refractivity contribution in [3.05, 3.63) is 101 Å². The van der Waals surface area contributed by atoms with Crippen LogP contribution in [0.2, 0.25) is 0 Å². The van der Waals surface area contributed by atoms with E-state index >= 15 is 0 Å². The highest BCUT2D eigenvalue weighted by atomic mass is 16.6. The molecule has 0 radical (unpaired) electrons. The fraction of sp³-hybridized carbons (Fsp3) is 0.333. The van der Waals surface area contributed by atoms with Crippen LogP contribution in [0.5, 0.6) is 5.75 Å². The molecule has 2 bridgehead atoms. The maximum absolute atomic E-state index is 13.0. The molecule has 3 aliphatic rings. The molecule has 0 aromatic heterocycles. The zero-order valence-electron chi connectivity index (χ0n) is 21.0. The quantitative estimate of drug-likeness (QED) is 0.441. The van der Waals surface area contributed by atoms with Gasteiger partial charge in [-0.1, -0.05) is 54.6 Å². The molecule has 6 rings (SSSR count). The first-order valence-corrected chi connectivity index (χ1v) is 12.7. The normalized spacial score (nSPS) is 21.1. The summed E-state index contributed by atoms with van der Waals surface area (Å²) >= 11 is 0. The van der Waals surface area contributed by atoms with Gasteiger partial charge in [0.05, 0.1) is 18.7 Å². The monoisotopic (exact) mass is 500 g/mol. The van der Waals surface area contributed by atoms with Crippen LogP contribution in [0.15, 0.2) is 78.9 Å². The van der Waals surface area contributed by atoms with Crippen LogP contribution in [0.3, 0.4) is 0 Å². The van der Waals surface area contributed by atoms with Crippen LogP contribution in [0.4, 0.5) is 4.79 Å². The molecule has 3 saturated heterocycles. The molecule has 0 unspecified atom stereocenters. The van der Waals surface area contributed by atoms with Gasteiger partial charge in [0.25, 0.3) is 0 Å². The highest BCUT2D eigenvalue weighted by molar-refractivity contribution is 5.89. The van der Waals surface area contributed by atoms with Gasteiger partial charge < -0.3 is 19.5 Å². The Bertz CT molecular complexity index is 1210. The van der Waals surface area contributed by atoms with Crippen molar-refractivity contribution in [3.63, 3.8) is 0 Å². The number of piperidine rings is 3. The lowest BCUT2D eigenvalue weighted by Gasteiger charge is -2.43. The molecular weight excluding hydrogens is 468 g/mol. The van der Waals surface area contributed by atoms with Crippen molar-refractivity contribution in [2.24, 2.45) is 5.92 Å². The van der Waals surface area contributed by atoms with Crippen LogP contribution in [-0.2, 0) is 16.1 Å². The summed E-state index contributed by atoms with van der Waals surface area (Å²) in [5.41, 5.74) is 3.28. The van der Waals surface area contributed by atoms with E-state index in [9.17, 15) is 9.59 Å². The summed E-state index contributed by atoms with van der Waals surface area (Å²) < 4.78 is 16.7. The van der Waals surface area contributed by atoms with E-state index in [4.69, 9.17) is 14.2 Å². The molecule has 3 aliphatic heterocycles. The summed E-state index contributed by atoms with van der Waals surface area (Å²) in [5, 5.41) is 3.10. The molecule has 2 atom stereocenters. The first-order chi connectivity index (χ1) is 18.1. The van der Waals surface area contributed by atoms with Crippen LogP contribution in [0.1, 0.15) is 45.9 Å². The second-order valence-electron chi connectivity index (χ2n) is 9.62. The molecular formula is C30H32N2O5. The number of rotatable bonds is 8. The summed E-state index contributed by atoms with van der Waals surface area (Å²) in [7, 11) is 1.36. The van der Waals surface area contributed by atoms with Crippen molar-refractivity contribution in [2.45, 2.75) is 31.6 Å². The van der Waals surface area contributed by atoms with E-state index in [-0.39, 0.29) is 18.1 Å². The van der Waals surface area contributed by atoms with Crippen LogP contribution in [0, 0.1) is 5.92 Å². The molecule has 192 valence electrons. The number of ether oxygens (including phenoxy) is 3. The van der Waals surface area contributed by atoms with Gasteiger partial charge in [-0.2, -0.15) is 0 Å². The van der Waals surface area contributed by atoms with Gasteiger partial charge in [0.15, 0.2) is 0 Å². The zero-order chi connectivity index (χ0) is 25.6. The Labute approximate surface area is 217 Å².